The molecule has 5 atom stereocenters. The molecule has 0 unspecified atom stereocenters. The molecule has 0 bridgehead atoms. The van der Waals surface area contributed by atoms with Crippen molar-refractivity contribution < 1.29 is 18.7 Å². The molecule has 3 aromatic rings. The average Bonchev–Trinajstić information content (AvgIpc) is 3.03. The van der Waals surface area contributed by atoms with Crippen LogP contribution in [-0.4, -0.2) is 34.4 Å². The maximum absolute atomic E-state index is 12.9. The number of hydrogen-bond donors (Lipinski definition) is 0. The Kier molecular flexibility index (Phi) is 10.1. The minimum absolute atomic E-state index is 0.0692. The van der Waals surface area contributed by atoms with E-state index in [2.05, 4.69) is 94.4 Å². The van der Waals surface area contributed by atoms with Crippen LogP contribution in [0.1, 0.15) is 52.5 Å². The SMILES string of the molecule is C=C1[C@@H]2[C@H](C=O)[C@H](CCOCc3ccc(OC)cc3)C(C)=C[C@@H]2CC[C@H]1O[Si](c1ccccc1)(c1ccccc1)C(C)(C)C. The molecular weight excluding hydrogens is 561 g/mol. The second-order valence-electron chi connectivity index (χ2n) is 13.5. The molecule has 5 heteroatoms. The fraction of sp³-hybridized carbons (Fsp3) is 0.410. The van der Waals surface area contributed by atoms with Crippen LogP contribution in [0.5, 0.6) is 5.75 Å². The van der Waals surface area contributed by atoms with E-state index in [0.29, 0.717) is 19.1 Å². The van der Waals surface area contributed by atoms with E-state index in [1.54, 1.807) is 7.11 Å². The maximum atomic E-state index is 12.9. The van der Waals surface area contributed by atoms with Gasteiger partial charge in [-0.05, 0) is 82.6 Å². The molecule has 44 heavy (non-hydrogen) atoms. The lowest BCUT2D eigenvalue weighted by atomic mass is 9.60. The highest BCUT2D eigenvalue weighted by atomic mass is 28.4. The van der Waals surface area contributed by atoms with E-state index >= 15 is 0 Å². The van der Waals surface area contributed by atoms with E-state index in [-0.39, 0.29) is 28.9 Å². The number of methoxy groups -OCH3 is 1. The first-order valence-electron chi connectivity index (χ1n) is 16.0. The van der Waals surface area contributed by atoms with Crippen LogP contribution in [0.3, 0.4) is 0 Å². The zero-order chi connectivity index (χ0) is 31.3. The highest BCUT2D eigenvalue weighted by Crippen LogP contribution is 2.50. The van der Waals surface area contributed by atoms with Crippen LogP contribution in [0, 0.1) is 23.7 Å². The minimum Gasteiger partial charge on any atom is -0.497 e. The minimum atomic E-state index is -2.75. The Hall–Kier alpha value is -3.25. The second kappa shape index (κ2) is 13.8. The molecule has 5 rings (SSSR count). The number of aldehydes is 1. The molecule has 0 heterocycles. The third-order valence-electron chi connectivity index (χ3n) is 9.90. The van der Waals surface area contributed by atoms with Crippen molar-refractivity contribution in [2.24, 2.45) is 23.7 Å². The summed E-state index contributed by atoms with van der Waals surface area (Å²) in [7, 11) is -1.08. The van der Waals surface area contributed by atoms with Gasteiger partial charge in [0.15, 0.2) is 0 Å². The molecule has 0 aromatic heterocycles. The van der Waals surface area contributed by atoms with E-state index in [1.807, 2.05) is 24.3 Å². The van der Waals surface area contributed by atoms with Crippen LogP contribution in [-0.2, 0) is 20.6 Å². The predicted octanol–water partition coefficient (Wildman–Crippen LogP) is 7.52. The summed E-state index contributed by atoms with van der Waals surface area (Å²) in [5, 5.41) is 2.42. The van der Waals surface area contributed by atoms with Gasteiger partial charge in [-0.15, -0.1) is 0 Å². The molecule has 0 amide bonds. The Labute approximate surface area is 265 Å². The Morgan fingerprint density at radius 2 is 1.52 bits per heavy atom. The van der Waals surface area contributed by atoms with E-state index in [1.165, 1.54) is 22.2 Å². The van der Waals surface area contributed by atoms with Gasteiger partial charge in [0.05, 0.1) is 19.8 Å². The van der Waals surface area contributed by atoms with Crippen LogP contribution >= 0.6 is 0 Å². The zero-order valence-corrected chi connectivity index (χ0v) is 28.0. The van der Waals surface area contributed by atoms with Crippen LogP contribution in [0.4, 0.5) is 0 Å². The predicted molar refractivity (Wildman–Crippen MR) is 182 cm³/mol. The second-order valence-corrected chi connectivity index (χ2v) is 17.8. The summed E-state index contributed by atoms with van der Waals surface area (Å²) in [4.78, 5) is 12.9. The number of carbonyl (C=O) groups excluding carboxylic acids is 1. The third-order valence-corrected chi connectivity index (χ3v) is 14.9. The summed E-state index contributed by atoms with van der Waals surface area (Å²) in [6.45, 7) is 15.0. The molecule has 0 spiro atoms. The first-order valence-corrected chi connectivity index (χ1v) is 17.9. The number of carbonyl (C=O) groups is 1. The molecule has 2 aliphatic carbocycles. The molecule has 0 aliphatic heterocycles. The van der Waals surface area contributed by atoms with Crippen LogP contribution in [0.2, 0.25) is 5.04 Å². The van der Waals surface area contributed by atoms with Crippen molar-refractivity contribution in [1.29, 1.82) is 0 Å². The summed E-state index contributed by atoms with van der Waals surface area (Å²) >= 11 is 0. The number of allylic oxidation sites excluding steroid dienone is 2. The average molecular weight is 609 g/mol. The van der Waals surface area contributed by atoms with Gasteiger partial charge >= 0.3 is 0 Å². The standard InChI is InChI=1S/C39H48O4Si/c1-28-25-31-19-22-37(43-44(39(3,4)5,33-13-9-7-10-14-33)34-15-11-8-12-16-34)29(2)38(31)36(26-40)35(28)23-24-42-27-30-17-20-32(41-6)21-18-30/h7-18,20-21,25-26,31,35-38H,2,19,22-24,27H2,1,3-6H3/t31-,35+,36+,37+,38-/m0/s1. The number of ether oxygens (including phenoxy) is 2. The number of fused-ring (bicyclic) bond motifs is 1. The molecule has 4 nitrogen and oxygen atoms in total. The van der Waals surface area contributed by atoms with Crippen molar-refractivity contribution >= 4 is 25.0 Å². The molecule has 3 aromatic carbocycles. The Bertz CT molecular complexity index is 1380. The van der Waals surface area contributed by atoms with Gasteiger partial charge in [-0.25, -0.2) is 0 Å². The van der Waals surface area contributed by atoms with Gasteiger partial charge in [-0.1, -0.05) is 112 Å². The first-order chi connectivity index (χ1) is 21.2. The highest BCUT2D eigenvalue weighted by molar-refractivity contribution is 6.99. The lowest BCUT2D eigenvalue weighted by Crippen LogP contribution is -2.68. The van der Waals surface area contributed by atoms with Crippen molar-refractivity contribution in [2.45, 2.75) is 64.7 Å². The van der Waals surface area contributed by atoms with Gasteiger partial charge in [0.25, 0.3) is 8.32 Å². The molecule has 1 fully saturated rings. The molecule has 232 valence electrons. The largest absolute Gasteiger partial charge is 0.497 e. The van der Waals surface area contributed by atoms with Crippen molar-refractivity contribution in [3.8, 4) is 5.75 Å². The molecule has 0 saturated heterocycles. The monoisotopic (exact) mass is 608 g/mol. The van der Waals surface area contributed by atoms with Gasteiger partial charge in [0.2, 0.25) is 0 Å². The quantitative estimate of drug-likeness (QED) is 0.0978. The van der Waals surface area contributed by atoms with E-state index in [0.717, 1.165) is 36.1 Å². The zero-order valence-electron chi connectivity index (χ0n) is 27.0. The summed E-state index contributed by atoms with van der Waals surface area (Å²) < 4.78 is 18.9. The summed E-state index contributed by atoms with van der Waals surface area (Å²) in [6, 6.07) is 29.6. The van der Waals surface area contributed by atoms with Gasteiger partial charge in [0.1, 0.15) is 12.0 Å². The fourth-order valence-corrected chi connectivity index (χ4v) is 12.4. The third kappa shape index (κ3) is 6.42. The molecule has 1 saturated carbocycles. The number of rotatable bonds is 11. The fourth-order valence-electron chi connectivity index (χ4n) is 7.69. The molecular formula is C39H48O4Si. The summed E-state index contributed by atoms with van der Waals surface area (Å²) in [6.07, 6.45) is 6.22. The number of hydrogen-bond acceptors (Lipinski definition) is 4. The molecule has 0 radical (unpaired) electrons. The smallest absolute Gasteiger partial charge is 0.261 e. The van der Waals surface area contributed by atoms with Crippen molar-refractivity contribution in [2.75, 3.05) is 13.7 Å². The molecule has 0 N–H and O–H groups in total. The highest BCUT2D eigenvalue weighted by Gasteiger charge is 2.53. The lowest BCUT2D eigenvalue weighted by molar-refractivity contribution is -0.115. The topological polar surface area (TPSA) is 44.8 Å². The molecule has 2 aliphatic rings. The lowest BCUT2D eigenvalue weighted by Gasteiger charge is -2.50. The van der Waals surface area contributed by atoms with Crippen LogP contribution in [0.25, 0.3) is 0 Å². The van der Waals surface area contributed by atoms with Crippen molar-refractivity contribution in [3.63, 3.8) is 0 Å². The Morgan fingerprint density at radius 1 is 0.909 bits per heavy atom. The first kappa shape index (κ1) is 32.1. The van der Waals surface area contributed by atoms with Crippen molar-refractivity contribution in [3.05, 3.63) is 114 Å². The van der Waals surface area contributed by atoms with E-state index in [4.69, 9.17) is 20.5 Å². The van der Waals surface area contributed by atoms with Gasteiger partial charge in [-0.3, -0.25) is 0 Å². The Morgan fingerprint density at radius 3 is 2.07 bits per heavy atom. The van der Waals surface area contributed by atoms with Crippen LogP contribution in [0.15, 0.2) is 109 Å². The van der Waals surface area contributed by atoms with Crippen molar-refractivity contribution in [1.82, 2.24) is 0 Å². The van der Waals surface area contributed by atoms with E-state index in [9.17, 15) is 4.79 Å². The van der Waals surface area contributed by atoms with Gasteiger partial charge in [0, 0.05) is 12.5 Å². The number of benzene rings is 3. The van der Waals surface area contributed by atoms with Gasteiger partial charge in [-0.2, -0.15) is 0 Å². The van der Waals surface area contributed by atoms with Gasteiger partial charge < -0.3 is 18.7 Å². The normalized spacial score (nSPS) is 23.9. The maximum Gasteiger partial charge on any atom is 0.261 e. The van der Waals surface area contributed by atoms with Crippen LogP contribution < -0.4 is 15.1 Å². The Balaban J connectivity index is 1.37. The summed E-state index contributed by atoms with van der Waals surface area (Å²) in [5.41, 5.74) is 3.49. The summed E-state index contributed by atoms with van der Waals surface area (Å²) in [5.74, 6) is 1.22. The van der Waals surface area contributed by atoms with E-state index < -0.39 is 8.32 Å².